The van der Waals surface area contributed by atoms with Gasteiger partial charge in [0.05, 0.1) is 6.10 Å². The summed E-state index contributed by atoms with van der Waals surface area (Å²) in [6.45, 7) is 4.40. The molecule has 0 amide bonds. The third kappa shape index (κ3) is 5.36. The first-order chi connectivity index (χ1) is 8.27. The molecule has 1 aromatic rings. The highest BCUT2D eigenvalue weighted by Gasteiger charge is 2.07. The maximum Gasteiger partial charge on any atom is 0.0790 e. The Hall–Kier alpha value is -0.820. The first-order valence-corrected chi connectivity index (χ1v) is 7.04. The van der Waals surface area contributed by atoms with Crippen LogP contribution in [0.1, 0.15) is 69.6 Å². The molecule has 0 spiro atoms. The maximum atomic E-state index is 10.1. The van der Waals surface area contributed by atoms with E-state index in [1.165, 1.54) is 24.8 Å². The Kier molecular flexibility index (Phi) is 6.95. The van der Waals surface area contributed by atoms with Gasteiger partial charge in [-0.3, -0.25) is 0 Å². The van der Waals surface area contributed by atoms with E-state index in [9.17, 15) is 5.11 Å². The van der Waals surface area contributed by atoms with Crippen molar-refractivity contribution in [3.63, 3.8) is 0 Å². The van der Waals surface area contributed by atoms with Gasteiger partial charge in [-0.1, -0.05) is 70.2 Å². The second kappa shape index (κ2) is 8.30. The number of hydrogen-bond donors (Lipinski definition) is 1. The smallest absolute Gasteiger partial charge is 0.0790 e. The van der Waals surface area contributed by atoms with E-state index in [0.717, 1.165) is 31.2 Å². The van der Waals surface area contributed by atoms with E-state index in [-0.39, 0.29) is 6.10 Å². The van der Waals surface area contributed by atoms with Crippen LogP contribution in [0.15, 0.2) is 24.3 Å². The molecule has 0 saturated heterocycles. The van der Waals surface area contributed by atoms with E-state index in [1.54, 1.807) is 0 Å². The molecule has 0 aliphatic heterocycles. The Morgan fingerprint density at radius 2 is 1.88 bits per heavy atom. The number of hydrogen-bond acceptors (Lipinski definition) is 1. The normalized spacial score (nSPS) is 12.6. The van der Waals surface area contributed by atoms with E-state index in [1.807, 2.05) is 6.07 Å². The summed E-state index contributed by atoms with van der Waals surface area (Å²) >= 11 is 0. The number of benzene rings is 1. The molecule has 1 heteroatoms. The van der Waals surface area contributed by atoms with Gasteiger partial charge in [-0.2, -0.15) is 0 Å². The molecule has 96 valence electrons. The topological polar surface area (TPSA) is 20.2 Å². The van der Waals surface area contributed by atoms with Crippen molar-refractivity contribution in [1.82, 2.24) is 0 Å². The zero-order valence-corrected chi connectivity index (χ0v) is 11.3. The number of rotatable bonds is 8. The number of aliphatic hydroxyl groups is 1. The van der Waals surface area contributed by atoms with Crippen LogP contribution in [0.25, 0.3) is 0 Å². The molecule has 0 saturated carbocycles. The van der Waals surface area contributed by atoms with Gasteiger partial charge in [0.1, 0.15) is 0 Å². The van der Waals surface area contributed by atoms with Gasteiger partial charge in [0.15, 0.2) is 0 Å². The molecule has 0 heterocycles. The van der Waals surface area contributed by atoms with Gasteiger partial charge in [-0.25, -0.2) is 0 Å². The predicted octanol–water partition coefficient (Wildman–Crippen LogP) is 4.64. The lowest BCUT2D eigenvalue weighted by atomic mass is 9.99. The van der Waals surface area contributed by atoms with Crippen molar-refractivity contribution in [2.75, 3.05) is 0 Å². The highest BCUT2D eigenvalue weighted by atomic mass is 16.3. The maximum absolute atomic E-state index is 10.1. The average molecular weight is 234 g/mol. The minimum atomic E-state index is -0.274. The molecule has 0 aromatic heterocycles. The Labute approximate surface area is 106 Å². The highest BCUT2D eigenvalue weighted by molar-refractivity contribution is 5.25. The van der Waals surface area contributed by atoms with Gasteiger partial charge < -0.3 is 5.11 Å². The minimum Gasteiger partial charge on any atom is -0.388 e. The van der Waals surface area contributed by atoms with Gasteiger partial charge in [0, 0.05) is 0 Å². The fourth-order valence-corrected chi connectivity index (χ4v) is 2.18. The van der Waals surface area contributed by atoms with Crippen LogP contribution in [0.5, 0.6) is 0 Å². The summed E-state index contributed by atoms with van der Waals surface area (Å²) in [4.78, 5) is 0. The van der Waals surface area contributed by atoms with Gasteiger partial charge in [0.25, 0.3) is 0 Å². The first-order valence-electron chi connectivity index (χ1n) is 7.04. The molecule has 1 rings (SSSR count). The van der Waals surface area contributed by atoms with Gasteiger partial charge in [-0.15, -0.1) is 0 Å². The molecule has 1 nitrogen and oxygen atoms in total. The molecule has 0 fully saturated rings. The Balaban J connectivity index is 2.44. The Morgan fingerprint density at radius 1 is 1.06 bits per heavy atom. The molecule has 17 heavy (non-hydrogen) atoms. The monoisotopic (exact) mass is 234 g/mol. The van der Waals surface area contributed by atoms with Crippen LogP contribution < -0.4 is 0 Å². The van der Waals surface area contributed by atoms with E-state index in [4.69, 9.17) is 0 Å². The lowest BCUT2D eigenvalue weighted by Gasteiger charge is -2.12. The summed E-state index contributed by atoms with van der Waals surface area (Å²) in [7, 11) is 0. The predicted molar refractivity (Wildman–Crippen MR) is 74.2 cm³/mol. The largest absolute Gasteiger partial charge is 0.388 e. The van der Waals surface area contributed by atoms with Gasteiger partial charge in [-0.05, 0) is 24.0 Å². The van der Waals surface area contributed by atoms with E-state index < -0.39 is 0 Å². The van der Waals surface area contributed by atoms with Crippen molar-refractivity contribution in [2.45, 2.75) is 64.9 Å². The second-order valence-corrected chi connectivity index (χ2v) is 4.86. The van der Waals surface area contributed by atoms with Crippen LogP contribution in [0, 0.1) is 0 Å². The lowest BCUT2D eigenvalue weighted by molar-refractivity contribution is 0.163. The summed E-state index contributed by atoms with van der Waals surface area (Å²) in [5.74, 6) is 0. The third-order valence-electron chi connectivity index (χ3n) is 3.21. The zero-order valence-electron chi connectivity index (χ0n) is 11.3. The molecule has 0 bridgehead atoms. The van der Waals surface area contributed by atoms with Crippen molar-refractivity contribution < 1.29 is 5.11 Å². The van der Waals surface area contributed by atoms with Crippen LogP contribution >= 0.6 is 0 Å². The number of unbranched alkanes of at least 4 members (excludes halogenated alkanes) is 3. The first kappa shape index (κ1) is 14.2. The van der Waals surface area contributed by atoms with Crippen molar-refractivity contribution in [2.24, 2.45) is 0 Å². The van der Waals surface area contributed by atoms with Crippen LogP contribution in [-0.4, -0.2) is 5.11 Å². The van der Waals surface area contributed by atoms with E-state index in [2.05, 4.69) is 32.0 Å². The molecule has 0 aliphatic carbocycles. The summed E-state index contributed by atoms with van der Waals surface area (Å²) < 4.78 is 0. The molecule has 0 aliphatic rings. The summed E-state index contributed by atoms with van der Waals surface area (Å²) in [6.07, 6.45) is 7.80. The van der Waals surface area contributed by atoms with Gasteiger partial charge in [0.2, 0.25) is 0 Å². The Morgan fingerprint density at radius 3 is 2.59 bits per heavy atom. The highest BCUT2D eigenvalue weighted by Crippen LogP contribution is 2.21. The number of aryl methyl sites for hydroxylation is 1. The molecule has 1 unspecified atom stereocenters. The van der Waals surface area contributed by atoms with Crippen LogP contribution in [0.3, 0.4) is 0 Å². The molecule has 1 aromatic carbocycles. The van der Waals surface area contributed by atoms with Crippen molar-refractivity contribution >= 4 is 0 Å². The average Bonchev–Trinajstić information content (AvgIpc) is 2.35. The van der Waals surface area contributed by atoms with Crippen molar-refractivity contribution in [3.05, 3.63) is 35.4 Å². The fourth-order valence-electron chi connectivity index (χ4n) is 2.18. The summed E-state index contributed by atoms with van der Waals surface area (Å²) in [5.41, 5.74) is 2.44. The van der Waals surface area contributed by atoms with E-state index >= 15 is 0 Å². The zero-order chi connectivity index (χ0) is 12.5. The molecule has 0 radical (unpaired) electrons. The van der Waals surface area contributed by atoms with Crippen LogP contribution in [0.4, 0.5) is 0 Å². The lowest BCUT2D eigenvalue weighted by Crippen LogP contribution is -1.98. The number of aliphatic hydroxyl groups excluding tert-OH is 1. The molecule has 1 N–H and O–H groups in total. The second-order valence-electron chi connectivity index (χ2n) is 4.86. The van der Waals surface area contributed by atoms with Crippen LogP contribution in [-0.2, 0) is 6.42 Å². The standard InChI is InChI=1S/C16H26O/c1-3-5-6-7-12-16(17)15-11-8-10-14(13-15)9-4-2/h8,10-11,13,16-17H,3-7,9,12H2,1-2H3. The fraction of sp³-hybridized carbons (Fsp3) is 0.625. The van der Waals surface area contributed by atoms with Crippen molar-refractivity contribution in [1.29, 1.82) is 0 Å². The summed E-state index contributed by atoms with van der Waals surface area (Å²) in [6, 6.07) is 8.42. The molecular weight excluding hydrogens is 208 g/mol. The molecule has 1 atom stereocenters. The van der Waals surface area contributed by atoms with Crippen molar-refractivity contribution in [3.8, 4) is 0 Å². The quantitative estimate of drug-likeness (QED) is 0.649. The van der Waals surface area contributed by atoms with Gasteiger partial charge >= 0.3 is 0 Å². The van der Waals surface area contributed by atoms with Crippen LogP contribution in [0.2, 0.25) is 0 Å². The molecular formula is C16H26O. The Bertz CT molecular complexity index is 306. The minimum absolute atomic E-state index is 0.274. The van der Waals surface area contributed by atoms with E-state index in [0.29, 0.717) is 0 Å². The SMILES string of the molecule is CCCCCCC(O)c1cccc(CCC)c1. The third-order valence-corrected chi connectivity index (χ3v) is 3.21. The summed E-state index contributed by atoms with van der Waals surface area (Å²) in [5, 5.41) is 10.1.